The minimum atomic E-state index is -0.295. The van der Waals surface area contributed by atoms with Crippen molar-refractivity contribution in [3.05, 3.63) is 20.6 Å². The predicted octanol–water partition coefficient (Wildman–Crippen LogP) is 5.30. The number of H-pyrrole nitrogens is 1. The zero-order valence-corrected chi connectivity index (χ0v) is 15.6. The van der Waals surface area contributed by atoms with Gasteiger partial charge in [0, 0.05) is 12.8 Å². The molecule has 1 aliphatic carbocycles. The van der Waals surface area contributed by atoms with Crippen LogP contribution in [0.3, 0.4) is 0 Å². The molecule has 1 aromatic heterocycles. The summed E-state index contributed by atoms with van der Waals surface area (Å²) >= 11 is 9.03. The van der Waals surface area contributed by atoms with Crippen LogP contribution < -0.4 is 0 Å². The van der Waals surface area contributed by atoms with Gasteiger partial charge in [-0.05, 0) is 41.1 Å². The molecule has 0 unspecified atom stereocenters. The minimum Gasteiger partial charge on any atom is -0.370 e. The number of aromatic nitrogens is 2. The Morgan fingerprint density at radius 1 is 1.29 bits per heavy atom. The van der Waals surface area contributed by atoms with Crippen molar-refractivity contribution in [3.63, 3.8) is 0 Å². The summed E-state index contributed by atoms with van der Waals surface area (Å²) in [5.74, 6) is 1.48. The molecule has 1 aromatic rings. The van der Waals surface area contributed by atoms with Crippen molar-refractivity contribution < 1.29 is 4.74 Å². The molecule has 0 atom stereocenters. The second-order valence-electron chi connectivity index (χ2n) is 6.39. The zero-order chi connectivity index (χ0) is 15.5. The Morgan fingerprint density at radius 3 is 2.43 bits per heavy atom. The highest BCUT2D eigenvalue weighted by molar-refractivity contribution is 9.10. The van der Waals surface area contributed by atoms with Gasteiger partial charge < -0.3 is 9.72 Å². The van der Waals surface area contributed by atoms with Gasteiger partial charge in [-0.25, -0.2) is 4.98 Å². The first-order chi connectivity index (χ1) is 9.98. The molecule has 2 rings (SSSR count). The van der Waals surface area contributed by atoms with Crippen LogP contribution in [0.1, 0.15) is 63.9 Å². The highest BCUT2D eigenvalue weighted by Crippen LogP contribution is 2.38. The highest BCUT2D eigenvalue weighted by Gasteiger charge is 2.35. The van der Waals surface area contributed by atoms with Gasteiger partial charge >= 0.3 is 0 Å². The summed E-state index contributed by atoms with van der Waals surface area (Å²) in [4.78, 5) is 8.16. The molecular formula is C16H25BrN2OS. The van der Waals surface area contributed by atoms with Crippen LogP contribution in [-0.4, -0.2) is 17.1 Å². The molecule has 0 radical (unpaired) electrons. The predicted molar refractivity (Wildman–Crippen MR) is 92.1 cm³/mol. The Kier molecular flexibility index (Phi) is 5.97. The fraction of sp³-hybridized carbons (Fsp3) is 0.750. The van der Waals surface area contributed by atoms with Crippen molar-refractivity contribution in [1.82, 2.24) is 9.97 Å². The first-order valence-electron chi connectivity index (χ1n) is 7.83. The maximum Gasteiger partial charge on any atom is 0.144 e. The molecule has 21 heavy (non-hydrogen) atoms. The van der Waals surface area contributed by atoms with Crippen LogP contribution in [-0.2, 0) is 16.8 Å². The van der Waals surface area contributed by atoms with Crippen LogP contribution in [0.5, 0.6) is 0 Å². The molecule has 0 spiro atoms. The van der Waals surface area contributed by atoms with Crippen LogP contribution in [0.4, 0.5) is 0 Å². The van der Waals surface area contributed by atoms with Gasteiger partial charge in [0.25, 0.3) is 0 Å². The average Bonchev–Trinajstić information content (AvgIpc) is 2.69. The van der Waals surface area contributed by atoms with E-state index in [4.69, 9.17) is 17.0 Å². The topological polar surface area (TPSA) is 37.9 Å². The lowest BCUT2D eigenvalue weighted by atomic mass is 9.93. The molecule has 1 heterocycles. The molecule has 3 nitrogen and oxygen atoms in total. The third kappa shape index (κ3) is 3.93. The van der Waals surface area contributed by atoms with Gasteiger partial charge in [-0.2, -0.15) is 0 Å². The fourth-order valence-corrected chi connectivity index (χ4v) is 3.67. The van der Waals surface area contributed by atoms with Crippen molar-refractivity contribution in [2.24, 2.45) is 5.92 Å². The van der Waals surface area contributed by atoms with E-state index in [9.17, 15) is 0 Å². The molecule has 1 fully saturated rings. The quantitative estimate of drug-likeness (QED) is 0.575. The normalized spacial score (nSPS) is 18.7. The average molecular weight is 373 g/mol. The third-order valence-corrected chi connectivity index (χ3v) is 5.69. The van der Waals surface area contributed by atoms with Gasteiger partial charge in [0.1, 0.15) is 16.1 Å². The van der Waals surface area contributed by atoms with Crippen LogP contribution in [0.15, 0.2) is 4.47 Å². The highest BCUT2D eigenvalue weighted by atomic mass is 79.9. The van der Waals surface area contributed by atoms with E-state index in [2.05, 4.69) is 39.7 Å². The lowest BCUT2D eigenvalue weighted by Gasteiger charge is -2.31. The van der Waals surface area contributed by atoms with Crippen LogP contribution in [0, 0.1) is 10.6 Å². The van der Waals surface area contributed by atoms with Gasteiger partial charge in [0.15, 0.2) is 0 Å². The summed E-state index contributed by atoms with van der Waals surface area (Å²) in [6.45, 7) is 4.42. The summed E-state index contributed by atoms with van der Waals surface area (Å²) in [7, 11) is 1.80. The number of rotatable bonds is 4. The molecule has 0 amide bonds. The standard InChI is InChI=1S/C16H25BrN2OS/c1-11(2)10-12-13(17)14(21)19-15(18-12)16(20-3)8-6-4-5-7-9-16/h11H,4-10H2,1-3H3,(H,18,19,21). The molecule has 0 saturated heterocycles. The van der Waals surface area contributed by atoms with Gasteiger partial charge in [0.05, 0.1) is 4.47 Å². The second-order valence-corrected chi connectivity index (χ2v) is 7.57. The monoisotopic (exact) mass is 372 g/mol. The molecule has 5 heteroatoms. The van der Waals surface area contributed by atoms with Gasteiger partial charge in [-0.15, -0.1) is 0 Å². The van der Waals surface area contributed by atoms with Crippen molar-refractivity contribution in [1.29, 1.82) is 0 Å². The van der Waals surface area contributed by atoms with Crippen LogP contribution in [0.25, 0.3) is 0 Å². The Morgan fingerprint density at radius 2 is 1.90 bits per heavy atom. The smallest absolute Gasteiger partial charge is 0.144 e. The van der Waals surface area contributed by atoms with Gasteiger partial charge in [-0.3, -0.25) is 0 Å². The van der Waals surface area contributed by atoms with Crippen molar-refractivity contribution in [2.75, 3.05) is 7.11 Å². The molecule has 1 N–H and O–H groups in total. The second kappa shape index (κ2) is 7.34. The maximum atomic E-state index is 5.94. The Hall–Kier alpha value is -0.260. The number of nitrogens with one attached hydrogen (secondary N) is 1. The van der Waals surface area contributed by atoms with Gasteiger partial charge in [0.2, 0.25) is 0 Å². The van der Waals surface area contributed by atoms with Crippen LogP contribution in [0.2, 0.25) is 0 Å². The first kappa shape index (κ1) is 17.1. The van der Waals surface area contributed by atoms with E-state index in [1.54, 1.807) is 7.11 Å². The van der Waals surface area contributed by atoms with E-state index < -0.39 is 0 Å². The fourth-order valence-electron chi connectivity index (χ4n) is 3.11. The molecule has 118 valence electrons. The Balaban J connectivity index is 2.45. The van der Waals surface area contributed by atoms with E-state index in [-0.39, 0.29) is 5.60 Å². The van der Waals surface area contributed by atoms with Gasteiger partial charge in [-0.1, -0.05) is 51.7 Å². The molecule has 0 aromatic carbocycles. The lowest BCUT2D eigenvalue weighted by molar-refractivity contribution is -0.0354. The Labute approximate surface area is 141 Å². The van der Waals surface area contributed by atoms with Crippen molar-refractivity contribution in [3.8, 4) is 0 Å². The van der Waals surface area contributed by atoms with Crippen LogP contribution >= 0.6 is 28.1 Å². The van der Waals surface area contributed by atoms with E-state index in [1.165, 1.54) is 25.7 Å². The summed E-state index contributed by atoms with van der Waals surface area (Å²) in [5, 5.41) is 0. The SMILES string of the molecule is COC1(c2nc(=S)c(Br)c(CC(C)C)[nH]2)CCCCCC1. The maximum absolute atomic E-state index is 5.94. The number of aromatic amines is 1. The molecule has 1 saturated carbocycles. The zero-order valence-electron chi connectivity index (χ0n) is 13.2. The molecule has 0 aliphatic heterocycles. The van der Waals surface area contributed by atoms with Crippen molar-refractivity contribution in [2.45, 2.75) is 64.4 Å². The van der Waals surface area contributed by atoms with Crippen molar-refractivity contribution >= 4 is 28.1 Å². The summed E-state index contributed by atoms with van der Waals surface area (Å²) in [6.07, 6.45) is 7.93. The first-order valence-corrected chi connectivity index (χ1v) is 9.03. The number of nitrogens with zero attached hydrogens (tertiary/aromatic N) is 1. The number of methoxy groups -OCH3 is 1. The third-order valence-electron chi connectivity index (χ3n) is 4.28. The van der Waals surface area contributed by atoms with E-state index in [0.717, 1.165) is 35.3 Å². The lowest BCUT2D eigenvalue weighted by Crippen LogP contribution is -2.31. The number of hydrogen-bond donors (Lipinski definition) is 1. The van der Waals surface area contributed by atoms with E-state index >= 15 is 0 Å². The largest absolute Gasteiger partial charge is 0.370 e. The molecule has 1 aliphatic rings. The number of halogens is 1. The summed E-state index contributed by atoms with van der Waals surface area (Å²) < 4.78 is 7.51. The number of hydrogen-bond acceptors (Lipinski definition) is 3. The van der Waals surface area contributed by atoms with E-state index in [0.29, 0.717) is 10.6 Å². The molecular weight excluding hydrogens is 348 g/mol. The number of ether oxygens (including phenoxy) is 1. The minimum absolute atomic E-state index is 0.295. The molecule has 0 bridgehead atoms. The van der Waals surface area contributed by atoms with E-state index in [1.807, 2.05) is 0 Å². The summed E-state index contributed by atoms with van der Waals surface area (Å²) in [6, 6.07) is 0. The summed E-state index contributed by atoms with van der Waals surface area (Å²) in [5.41, 5.74) is 0.844. The Bertz CT molecular complexity index is 534.